The van der Waals surface area contributed by atoms with Crippen molar-refractivity contribution in [3.8, 4) is 56.7 Å². The van der Waals surface area contributed by atoms with Gasteiger partial charge in [-0.05, 0) is 59.7 Å². The van der Waals surface area contributed by atoms with Gasteiger partial charge in [0.05, 0.1) is 32.5 Å². The van der Waals surface area contributed by atoms with E-state index in [0.717, 1.165) is 44.5 Å². The van der Waals surface area contributed by atoms with Gasteiger partial charge in [0.1, 0.15) is 0 Å². The monoisotopic (exact) mass is 821 g/mol. The number of aromatic nitrogens is 5. The van der Waals surface area contributed by atoms with Crippen LogP contribution in [0.2, 0.25) is 0 Å². The summed E-state index contributed by atoms with van der Waals surface area (Å²) in [5.74, 6) is 1.93. The van der Waals surface area contributed by atoms with Gasteiger partial charge < -0.3 is 9.13 Å². The van der Waals surface area contributed by atoms with Crippen molar-refractivity contribution in [3.05, 3.63) is 212 Å². The molecule has 0 bridgehead atoms. The Bertz CT molecular complexity index is 3830. The number of thiophene rings is 1. The van der Waals surface area contributed by atoms with Crippen LogP contribution in [0, 0.1) is 0 Å². The third-order valence-electron chi connectivity index (χ3n) is 12.4. The molecule has 5 nitrogen and oxygen atoms in total. The van der Waals surface area contributed by atoms with E-state index >= 15 is 0 Å². The molecule has 0 radical (unpaired) electrons. The fourth-order valence-corrected chi connectivity index (χ4v) is 10.9. The van der Waals surface area contributed by atoms with Crippen molar-refractivity contribution in [2.75, 3.05) is 0 Å². The normalized spacial score (nSPS) is 11.8. The smallest absolute Gasteiger partial charge is 0.164 e. The zero-order valence-electron chi connectivity index (χ0n) is 33.9. The molecule has 0 atom stereocenters. The first-order valence-corrected chi connectivity index (χ1v) is 22.0. The Labute approximate surface area is 366 Å². The molecule has 0 aliphatic carbocycles. The zero-order chi connectivity index (χ0) is 41.4. The van der Waals surface area contributed by atoms with Gasteiger partial charge in [-0.3, -0.25) is 0 Å². The number of benzene rings is 9. The van der Waals surface area contributed by atoms with Crippen molar-refractivity contribution in [1.82, 2.24) is 24.1 Å². The van der Waals surface area contributed by atoms with Gasteiger partial charge in [0, 0.05) is 59.4 Å². The van der Waals surface area contributed by atoms with E-state index in [-0.39, 0.29) is 0 Å². The fourth-order valence-electron chi connectivity index (χ4n) is 9.64. The Hall–Kier alpha value is -8.19. The molecule has 4 heterocycles. The van der Waals surface area contributed by atoms with E-state index in [1.807, 2.05) is 47.7 Å². The molecule has 0 aliphatic heterocycles. The predicted molar refractivity (Wildman–Crippen MR) is 263 cm³/mol. The van der Waals surface area contributed by atoms with Gasteiger partial charge >= 0.3 is 0 Å². The molecule has 0 saturated carbocycles. The largest absolute Gasteiger partial charge is 0.307 e. The molecule has 13 rings (SSSR count). The molecule has 294 valence electrons. The van der Waals surface area contributed by atoms with Gasteiger partial charge in [-0.2, -0.15) is 0 Å². The molecule has 0 spiro atoms. The molecule has 0 unspecified atom stereocenters. The predicted octanol–water partition coefficient (Wildman–Crippen LogP) is 15.1. The maximum absolute atomic E-state index is 5.25. The van der Waals surface area contributed by atoms with E-state index in [0.29, 0.717) is 17.5 Å². The van der Waals surface area contributed by atoms with Gasteiger partial charge in [0.25, 0.3) is 0 Å². The first-order valence-electron chi connectivity index (χ1n) is 21.2. The van der Waals surface area contributed by atoms with Crippen LogP contribution in [0.25, 0.3) is 120 Å². The molecule has 0 amide bonds. The van der Waals surface area contributed by atoms with Gasteiger partial charge in [0.15, 0.2) is 17.5 Å². The third-order valence-corrected chi connectivity index (χ3v) is 13.5. The molecule has 63 heavy (non-hydrogen) atoms. The molecule has 9 aromatic carbocycles. The molecule has 0 N–H and O–H groups in total. The summed E-state index contributed by atoms with van der Waals surface area (Å²) in [6.07, 6.45) is 0. The van der Waals surface area contributed by atoms with Crippen LogP contribution in [0.4, 0.5) is 0 Å². The molecule has 0 fully saturated rings. The summed E-state index contributed by atoms with van der Waals surface area (Å²) >= 11 is 1.83. The maximum atomic E-state index is 5.25. The minimum atomic E-state index is 0.643. The third kappa shape index (κ3) is 5.52. The molecule has 0 aliphatic rings. The van der Waals surface area contributed by atoms with Crippen LogP contribution in [-0.2, 0) is 0 Å². The Balaban J connectivity index is 1.18. The highest BCUT2D eigenvalue weighted by atomic mass is 32.1. The Morgan fingerprint density at radius 2 is 0.873 bits per heavy atom. The maximum Gasteiger partial charge on any atom is 0.164 e. The van der Waals surface area contributed by atoms with Gasteiger partial charge in [-0.15, -0.1) is 11.3 Å². The summed E-state index contributed by atoms with van der Waals surface area (Å²) in [7, 11) is 0. The molecule has 0 saturated heterocycles. The topological polar surface area (TPSA) is 48.5 Å². The fraction of sp³-hybridized carbons (Fsp3) is 0. The quantitative estimate of drug-likeness (QED) is 0.168. The lowest BCUT2D eigenvalue weighted by Gasteiger charge is -2.16. The van der Waals surface area contributed by atoms with E-state index in [1.165, 1.54) is 58.5 Å². The first kappa shape index (κ1) is 35.6. The summed E-state index contributed by atoms with van der Waals surface area (Å²) in [5.41, 5.74) is 12.1. The van der Waals surface area contributed by atoms with Crippen molar-refractivity contribution in [1.29, 1.82) is 0 Å². The number of fused-ring (bicyclic) bond motifs is 10. The summed E-state index contributed by atoms with van der Waals surface area (Å²) in [6, 6.07) is 75.5. The second-order valence-corrected chi connectivity index (χ2v) is 17.0. The van der Waals surface area contributed by atoms with E-state index in [2.05, 4.69) is 185 Å². The Kier molecular flexibility index (Phi) is 8.01. The van der Waals surface area contributed by atoms with Crippen molar-refractivity contribution in [3.63, 3.8) is 0 Å². The second-order valence-electron chi connectivity index (χ2n) is 15.9. The standard InChI is InChI=1S/C57H35N5S/c1-5-19-36(20-6-1)44-35-45-40-27-13-16-30-46(40)62(52(45)53-50(44)41-28-14-17-31-47(41)61(53)39-25-11-4-12-26-39)48-34-33-43(51-42-29-15-18-32-49(42)63-54(48)51)57-59-55(37-21-7-2-8-22-37)58-56(60-57)38-23-9-3-10-24-38/h1-35H. The van der Waals surface area contributed by atoms with Gasteiger partial charge in [0.2, 0.25) is 0 Å². The van der Waals surface area contributed by atoms with Crippen LogP contribution < -0.4 is 0 Å². The number of hydrogen-bond acceptors (Lipinski definition) is 4. The Morgan fingerprint density at radius 1 is 0.349 bits per heavy atom. The highest BCUT2D eigenvalue weighted by Gasteiger charge is 2.27. The van der Waals surface area contributed by atoms with E-state index < -0.39 is 0 Å². The summed E-state index contributed by atoms with van der Waals surface area (Å²) < 4.78 is 7.38. The van der Waals surface area contributed by atoms with Crippen molar-refractivity contribution in [2.45, 2.75) is 0 Å². The minimum absolute atomic E-state index is 0.643. The minimum Gasteiger partial charge on any atom is -0.307 e. The summed E-state index contributed by atoms with van der Waals surface area (Å²) in [4.78, 5) is 15.5. The Morgan fingerprint density at radius 3 is 1.54 bits per heavy atom. The zero-order valence-corrected chi connectivity index (χ0v) is 34.7. The number of rotatable bonds is 6. The second kappa shape index (κ2) is 14.2. The van der Waals surface area contributed by atoms with Crippen LogP contribution in [0.3, 0.4) is 0 Å². The number of para-hydroxylation sites is 3. The molecular formula is C57H35N5S. The molecular weight excluding hydrogens is 787 g/mol. The first-order chi connectivity index (χ1) is 31.3. The van der Waals surface area contributed by atoms with Crippen molar-refractivity contribution in [2.24, 2.45) is 0 Å². The van der Waals surface area contributed by atoms with Crippen LogP contribution in [-0.4, -0.2) is 24.1 Å². The average Bonchev–Trinajstić information content (AvgIpc) is 4.03. The molecule has 13 aromatic rings. The van der Waals surface area contributed by atoms with E-state index in [4.69, 9.17) is 15.0 Å². The van der Waals surface area contributed by atoms with Crippen molar-refractivity contribution < 1.29 is 0 Å². The summed E-state index contributed by atoms with van der Waals surface area (Å²) in [5, 5.41) is 7.15. The van der Waals surface area contributed by atoms with E-state index in [1.54, 1.807) is 0 Å². The van der Waals surface area contributed by atoms with Crippen LogP contribution in [0.5, 0.6) is 0 Å². The molecule has 4 aromatic heterocycles. The van der Waals surface area contributed by atoms with Crippen LogP contribution in [0.15, 0.2) is 212 Å². The van der Waals surface area contributed by atoms with Crippen molar-refractivity contribution >= 4 is 75.1 Å². The summed E-state index contributed by atoms with van der Waals surface area (Å²) in [6.45, 7) is 0. The lowest BCUT2D eigenvalue weighted by Crippen LogP contribution is -2.02. The number of nitrogens with zero attached hydrogens (tertiary/aromatic N) is 5. The van der Waals surface area contributed by atoms with E-state index in [9.17, 15) is 0 Å². The lowest BCUT2D eigenvalue weighted by molar-refractivity contribution is 1.08. The SMILES string of the molecule is c1ccc(-c2nc(-c3ccccc3)nc(-c3ccc(-n4c5ccccc5c5cc(-c6ccccc6)c6c7ccccc7n(-c7ccccc7)c6c54)c4sc5ccccc5c34)n2)cc1. The highest BCUT2D eigenvalue weighted by molar-refractivity contribution is 7.26. The van der Waals surface area contributed by atoms with Crippen LogP contribution >= 0.6 is 11.3 Å². The molecule has 6 heteroatoms. The highest BCUT2D eigenvalue weighted by Crippen LogP contribution is 2.49. The lowest BCUT2D eigenvalue weighted by atomic mass is 9.96. The van der Waals surface area contributed by atoms with Crippen LogP contribution in [0.1, 0.15) is 0 Å². The van der Waals surface area contributed by atoms with Gasteiger partial charge in [-0.25, -0.2) is 15.0 Å². The number of hydrogen-bond donors (Lipinski definition) is 0. The van der Waals surface area contributed by atoms with Gasteiger partial charge in [-0.1, -0.05) is 164 Å². The average molecular weight is 822 g/mol.